The van der Waals surface area contributed by atoms with Crippen molar-refractivity contribution in [3.8, 4) is 11.5 Å². The van der Waals surface area contributed by atoms with E-state index >= 15 is 0 Å². The van der Waals surface area contributed by atoms with Gasteiger partial charge in [-0.2, -0.15) is 0 Å². The number of halogens is 3. The number of benzene rings is 2. The van der Waals surface area contributed by atoms with Gasteiger partial charge in [-0.15, -0.1) is 13.2 Å². The molecule has 0 aliphatic heterocycles. The van der Waals surface area contributed by atoms with E-state index in [-0.39, 0.29) is 5.56 Å². The maximum Gasteiger partial charge on any atom is 0.573 e. The van der Waals surface area contributed by atoms with Gasteiger partial charge in [0.25, 0.3) is 0 Å². The van der Waals surface area contributed by atoms with Crippen molar-refractivity contribution in [3.05, 3.63) is 35.9 Å². The van der Waals surface area contributed by atoms with E-state index in [1.54, 1.807) is 18.2 Å². The van der Waals surface area contributed by atoms with Crippen molar-refractivity contribution in [3.63, 3.8) is 0 Å². The van der Waals surface area contributed by atoms with Crippen LogP contribution in [0.5, 0.6) is 11.5 Å². The van der Waals surface area contributed by atoms with Gasteiger partial charge in [0.15, 0.2) is 6.29 Å². The minimum Gasteiger partial charge on any atom is -0.497 e. The molecule has 2 aromatic rings. The van der Waals surface area contributed by atoms with Gasteiger partial charge in [0, 0.05) is 0 Å². The van der Waals surface area contributed by atoms with Crippen LogP contribution in [-0.4, -0.2) is 19.8 Å². The highest BCUT2D eigenvalue weighted by Gasteiger charge is 2.32. The predicted molar refractivity (Wildman–Crippen MR) is 62.6 cm³/mol. The van der Waals surface area contributed by atoms with E-state index in [4.69, 9.17) is 4.74 Å². The maximum atomic E-state index is 12.2. The van der Waals surface area contributed by atoms with E-state index in [1.807, 2.05) is 0 Å². The number of hydrogen-bond acceptors (Lipinski definition) is 3. The number of methoxy groups -OCH3 is 1. The number of hydrogen-bond donors (Lipinski definition) is 0. The summed E-state index contributed by atoms with van der Waals surface area (Å²) < 4.78 is 45.5. The van der Waals surface area contributed by atoms with Gasteiger partial charge in [-0.05, 0) is 35.0 Å². The van der Waals surface area contributed by atoms with Gasteiger partial charge in [0.2, 0.25) is 0 Å². The fourth-order valence-corrected chi connectivity index (χ4v) is 1.70. The van der Waals surface area contributed by atoms with Crippen LogP contribution in [-0.2, 0) is 0 Å². The molecule has 0 bridgehead atoms. The summed E-state index contributed by atoms with van der Waals surface area (Å²) in [5.41, 5.74) is -0.157. The molecule has 3 nitrogen and oxygen atoms in total. The van der Waals surface area contributed by atoms with Gasteiger partial charge >= 0.3 is 6.36 Å². The van der Waals surface area contributed by atoms with E-state index < -0.39 is 12.1 Å². The monoisotopic (exact) mass is 270 g/mol. The molecule has 19 heavy (non-hydrogen) atoms. The van der Waals surface area contributed by atoms with Gasteiger partial charge in [-0.1, -0.05) is 6.07 Å². The van der Waals surface area contributed by atoms with Gasteiger partial charge in [0.1, 0.15) is 11.5 Å². The molecule has 100 valence electrons. The van der Waals surface area contributed by atoms with Crippen LogP contribution in [0.1, 0.15) is 10.4 Å². The Labute approximate surface area is 106 Å². The molecule has 0 atom stereocenters. The molecule has 0 aromatic heterocycles. The van der Waals surface area contributed by atoms with Gasteiger partial charge in [-0.25, -0.2) is 0 Å². The van der Waals surface area contributed by atoms with Crippen LogP contribution in [0.3, 0.4) is 0 Å². The van der Waals surface area contributed by atoms with E-state index in [9.17, 15) is 18.0 Å². The fourth-order valence-electron chi connectivity index (χ4n) is 1.70. The molecule has 0 amide bonds. The molecular weight excluding hydrogens is 261 g/mol. The summed E-state index contributed by atoms with van der Waals surface area (Å²) in [5, 5.41) is 1.11. The van der Waals surface area contributed by atoms with Crippen LogP contribution in [0, 0.1) is 0 Å². The molecule has 2 aromatic carbocycles. The highest BCUT2D eigenvalue weighted by Crippen LogP contribution is 2.31. The third-order valence-corrected chi connectivity index (χ3v) is 2.53. The number of carbonyl (C=O) groups is 1. The lowest BCUT2D eigenvalue weighted by Gasteiger charge is -2.12. The first-order valence-electron chi connectivity index (χ1n) is 5.25. The third-order valence-electron chi connectivity index (χ3n) is 2.53. The Hall–Kier alpha value is -2.24. The smallest absolute Gasteiger partial charge is 0.497 e. The summed E-state index contributed by atoms with van der Waals surface area (Å²) >= 11 is 0. The minimum absolute atomic E-state index is 0.157. The van der Waals surface area contributed by atoms with E-state index in [1.165, 1.54) is 13.2 Å². The van der Waals surface area contributed by atoms with Crippen LogP contribution < -0.4 is 9.47 Å². The van der Waals surface area contributed by atoms with Crippen molar-refractivity contribution in [2.24, 2.45) is 0 Å². The predicted octanol–water partition coefficient (Wildman–Crippen LogP) is 3.56. The normalized spacial score (nSPS) is 11.4. The number of fused-ring (bicyclic) bond motifs is 1. The van der Waals surface area contributed by atoms with Crippen molar-refractivity contribution < 1.29 is 27.4 Å². The van der Waals surface area contributed by atoms with E-state index in [0.29, 0.717) is 22.8 Å². The largest absolute Gasteiger partial charge is 0.573 e. The van der Waals surface area contributed by atoms with Crippen LogP contribution in [0.15, 0.2) is 30.3 Å². The molecule has 6 heteroatoms. The van der Waals surface area contributed by atoms with Crippen molar-refractivity contribution in [2.45, 2.75) is 6.36 Å². The topological polar surface area (TPSA) is 35.5 Å². The molecule has 0 fully saturated rings. The summed E-state index contributed by atoms with van der Waals surface area (Å²) in [6.07, 6.45) is -4.52. The molecule has 0 aliphatic carbocycles. The highest BCUT2D eigenvalue weighted by molar-refractivity contribution is 5.92. The molecule has 0 N–H and O–H groups in total. The van der Waals surface area contributed by atoms with Crippen molar-refractivity contribution >= 4 is 17.1 Å². The molecule has 2 rings (SSSR count). The van der Waals surface area contributed by atoms with Crippen LogP contribution >= 0.6 is 0 Å². The summed E-state index contributed by atoms with van der Waals surface area (Å²) in [6.45, 7) is 0. The Balaban J connectivity index is 2.58. The Bertz CT molecular complexity index is 620. The van der Waals surface area contributed by atoms with E-state index in [0.717, 1.165) is 6.07 Å². The lowest BCUT2D eigenvalue weighted by atomic mass is 10.1. The molecular formula is C13H9F3O3. The molecule has 0 unspecified atom stereocenters. The molecule has 0 saturated heterocycles. The van der Waals surface area contributed by atoms with Gasteiger partial charge in [-0.3, -0.25) is 4.79 Å². The SMILES string of the molecule is COc1ccc2cc(C=O)c(OC(F)(F)F)cc2c1. The molecule has 0 heterocycles. The first kappa shape index (κ1) is 13.2. The van der Waals surface area contributed by atoms with Crippen LogP contribution in [0.2, 0.25) is 0 Å². The second-order valence-corrected chi connectivity index (χ2v) is 3.77. The summed E-state index contributed by atoms with van der Waals surface area (Å²) in [4.78, 5) is 10.8. The molecule has 0 saturated carbocycles. The third kappa shape index (κ3) is 2.96. The lowest BCUT2D eigenvalue weighted by molar-refractivity contribution is -0.274. The summed E-state index contributed by atoms with van der Waals surface area (Å²) in [7, 11) is 1.45. The van der Waals surface area contributed by atoms with Crippen LogP contribution in [0.4, 0.5) is 13.2 Å². The zero-order valence-electron chi connectivity index (χ0n) is 9.82. The van der Waals surface area contributed by atoms with Gasteiger partial charge < -0.3 is 9.47 Å². The quantitative estimate of drug-likeness (QED) is 0.800. The zero-order valence-corrected chi connectivity index (χ0v) is 9.82. The standard InChI is InChI=1S/C13H9F3O3/c1-18-11-3-2-8-4-10(7-17)12(6-9(8)5-11)19-13(14,15)16/h2-7H,1H3. The first-order valence-corrected chi connectivity index (χ1v) is 5.25. The maximum absolute atomic E-state index is 12.2. The van der Waals surface area contributed by atoms with Crippen molar-refractivity contribution in [1.82, 2.24) is 0 Å². The number of ether oxygens (including phenoxy) is 2. The molecule has 0 radical (unpaired) electrons. The molecule has 0 spiro atoms. The van der Waals surface area contributed by atoms with Crippen LogP contribution in [0.25, 0.3) is 10.8 Å². The van der Waals surface area contributed by atoms with Gasteiger partial charge in [0.05, 0.1) is 12.7 Å². The Kier molecular flexibility index (Phi) is 3.33. The second kappa shape index (κ2) is 4.79. The highest BCUT2D eigenvalue weighted by atomic mass is 19.4. The fraction of sp³-hybridized carbons (Fsp3) is 0.154. The van der Waals surface area contributed by atoms with Crippen molar-refractivity contribution in [2.75, 3.05) is 7.11 Å². The number of alkyl halides is 3. The Morgan fingerprint density at radius 2 is 1.84 bits per heavy atom. The Morgan fingerprint density at radius 1 is 1.11 bits per heavy atom. The van der Waals surface area contributed by atoms with E-state index in [2.05, 4.69) is 4.74 Å². The molecule has 0 aliphatic rings. The minimum atomic E-state index is -4.84. The average molecular weight is 270 g/mol. The summed E-state index contributed by atoms with van der Waals surface area (Å²) in [5.74, 6) is -0.0208. The zero-order chi connectivity index (χ0) is 14.0. The number of aldehydes is 1. The average Bonchev–Trinajstić information content (AvgIpc) is 2.35. The van der Waals surface area contributed by atoms with Crippen molar-refractivity contribution in [1.29, 1.82) is 0 Å². The Morgan fingerprint density at radius 3 is 2.42 bits per heavy atom. The number of carbonyl (C=O) groups excluding carboxylic acids is 1. The second-order valence-electron chi connectivity index (χ2n) is 3.77. The number of rotatable bonds is 3. The summed E-state index contributed by atoms with van der Waals surface area (Å²) in [6, 6.07) is 7.37. The first-order chi connectivity index (χ1) is 8.93. The lowest BCUT2D eigenvalue weighted by Crippen LogP contribution is -2.18.